The molecule has 166 valence electrons. The molecule has 1 aliphatic carbocycles. The van der Waals surface area contributed by atoms with Crippen molar-refractivity contribution < 1.29 is 4.39 Å². The molecule has 1 aliphatic heterocycles. The maximum Gasteiger partial charge on any atom is 0.229 e. The summed E-state index contributed by atoms with van der Waals surface area (Å²) in [6.07, 6.45) is 7.02. The van der Waals surface area contributed by atoms with Gasteiger partial charge in [-0.1, -0.05) is 19.3 Å². The Morgan fingerprint density at radius 2 is 1.63 bits per heavy atom. The predicted molar refractivity (Wildman–Crippen MR) is 126 cm³/mol. The monoisotopic (exact) mass is 456 g/mol. The highest BCUT2D eigenvalue weighted by Crippen LogP contribution is 2.24. The van der Waals surface area contributed by atoms with Crippen molar-refractivity contribution in [2.45, 2.75) is 38.1 Å². The van der Waals surface area contributed by atoms with Crippen molar-refractivity contribution in [3.05, 3.63) is 36.3 Å². The Morgan fingerprint density at radius 1 is 0.967 bits per heavy atom. The van der Waals surface area contributed by atoms with Gasteiger partial charge in [0.1, 0.15) is 0 Å². The molecule has 4 rings (SSSR count). The fourth-order valence-corrected chi connectivity index (χ4v) is 3.92. The molecule has 0 radical (unpaired) electrons. The maximum absolute atomic E-state index is 14.1. The van der Waals surface area contributed by atoms with Gasteiger partial charge in [-0.3, -0.25) is 0 Å². The summed E-state index contributed by atoms with van der Waals surface area (Å²) in [6, 6.07) is 8.56. The lowest BCUT2D eigenvalue weighted by Crippen LogP contribution is -2.44. The third-order valence-electron chi connectivity index (χ3n) is 5.68. The van der Waals surface area contributed by atoms with Crippen molar-refractivity contribution >= 4 is 48.0 Å². The first-order valence-electron chi connectivity index (χ1n) is 10.3. The number of piperazine rings is 1. The minimum absolute atomic E-state index is 0. The molecule has 0 spiro atoms. The molecule has 2 heterocycles. The average molecular weight is 457 g/mol. The minimum Gasteiger partial charge on any atom is -0.369 e. The summed E-state index contributed by atoms with van der Waals surface area (Å²) in [5.41, 5.74) is 2.12. The Morgan fingerprint density at radius 3 is 2.30 bits per heavy atom. The molecular weight excluding hydrogens is 426 g/mol. The first kappa shape index (κ1) is 24.4. The van der Waals surface area contributed by atoms with Crippen LogP contribution in [0.4, 0.5) is 27.5 Å². The third kappa shape index (κ3) is 6.33. The van der Waals surface area contributed by atoms with Crippen LogP contribution in [0.3, 0.4) is 0 Å². The SMILES string of the molecule is CN1CCN(c2ccc(Nc3ncc(F)c(NC4CCCCC4)n3)cc2)CC1.Cl.Cl. The van der Waals surface area contributed by atoms with Gasteiger partial charge in [0.25, 0.3) is 0 Å². The first-order chi connectivity index (χ1) is 13.7. The van der Waals surface area contributed by atoms with Gasteiger partial charge in [-0.25, -0.2) is 9.37 Å². The molecule has 6 nitrogen and oxygen atoms in total. The quantitative estimate of drug-likeness (QED) is 0.679. The van der Waals surface area contributed by atoms with Gasteiger partial charge in [-0.2, -0.15) is 4.98 Å². The number of nitrogens with one attached hydrogen (secondary N) is 2. The first-order valence-corrected chi connectivity index (χ1v) is 10.3. The van der Waals surface area contributed by atoms with Crippen LogP contribution in [0.1, 0.15) is 32.1 Å². The lowest BCUT2D eigenvalue weighted by Gasteiger charge is -2.34. The number of rotatable bonds is 5. The number of likely N-dealkylation sites (N-methyl/N-ethyl adjacent to an activating group) is 1. The lowest BCUT2D eigenvalue weighted by molar-refractivity contribution is 0.313. The second-order valence-electron chi connectivity index (χ2n) is 7.83. The Bertz CT molecular complexity index is 778. The van der Waals surface area contributed by atoms with Gasteiger partial charge in [0, 0.05) is 43.6 Å². The van der Waals surface area contributed by atoms with Crippen LogP contribution in [0.2, 0.25) is 0 Å². The van der Waals surface area contributed by atoms with Gasteiger partial charge < -0.3 is 20.4 Å². The topological polar surface area (TPSA) is 56.3 Å². The van der Waals surface area contributed by atoms with Crippen LogP contribution in [0.15, 0.2) is 30.5 Å². The second kappa shape index (κ2) is 11.5. The van der Waals surface area contributed by atoms with Crippen LogP contribution >= 0.6 is 24.8 Å². The molecule has 2 aliphatic rings. The van der Waals surface area contributed by atoms with Crippen LogP contribution in [0.25, 0.3) is 0 Å². The van der Waals surface area contributed by atoms with Crippen LogP contribution in [-0.2, 0) is 0 Å². The summed E-state index contributed by atoms with van der Waals surface area (Å²) in [6.45, 7) is 4.25. The van der Waals surface area contributed by atoms with Gasteiger partial charge in [-0.15, -0.1) is 24.8 Å². The zero-order valence-corrected chi connectivity index (χ0v) is 18.9. The van der Waals surface area contributed by atoms with Crippen molar-refractivity contribution in [2.24, 2.45) is 0 Å². The highest BCUT2D eigenvalue weighted by molar-refractivity contribution is 5.85. The summed E-state index contributed by atoms with van der Waals surface area (Å²) in [4.78, 5) is 13.2. The fraction of sp³-hybridized carbons (Fsp3) is 0.524. The van der Waals surface area contributed by atoms with E-state index in [4.69, 9.17) is 0 Å². The van der Waals surface area contributed by atoms with Crippen molar-refractivity contribution in [1.29, 1.82) is 0 Å². The molecule has 9 heteroatoms. The number of aromatic nitrogens is 2. The molecule has 0 atom stereocenters. The highest BCUT2D eigenvalue weighted by atomic mass is 35.5. The van der Waals surface area contributed by atoms with E-state index in [-0.39, 0.29) is 24.8 Å². The van der Waals surface area contributed by atoms with E-state index in [2.05, 4.69) is 49.6 Å². The van der Waals surface area contributed by atoms with E-state index in [1.165, 1.54) is 31.1 Å². The normalized spacial score (nSPS) is 17.6. The molecule has 2 N–H and O–H groups in total. The number of halogens is 3. The van der Waals surface area contributed by atoms with Gasteiger partial charge in [-0.05, 0) is 44.2 Å². The standard InChI is InChI=1S/C21H29FN6.2ClH/c1-27-11-13-28(14-12-27)18-9-7-17(8-10-18)25-21-23-15-19(22)20(26-21)24-16-5-3-2-4-6-16;;/h7-10,15-16H,2-6,11-14H2,1H3,(H2,23,24,25,26);2*1H. The van der Waals surface area contributed by atoms with E-state index >= 15 is 0 Å². The van der Waals surface area contributed by atoms with E-state index in [0.717, 1.165) is 44.7 Å². The Labute approximate surface area is 190 Å². The number of hydrogen-bond acceptors (Lipinski definition) is 6. The fourth-order valence-electron chi connectivity index (χ4n) is 3.92. The van der Waals surface area contributed by atoms with E-state index in [1.807, 2.05) is 12.1 Å². The zero-order valence-electron chi connectivity index (χ0n) is 17.3. The Kier molecular flexibility index (Phi) is 9.39. The molecular formula is C21H31Cl2FN6. The summed E-state index contributed by atoms with van der Waals surface area (Å²) < 4.78 is 14.1. The molecule has 2 fully saturated rings. The Balaban J connectivity index is 0.00000160. The largest absolute Gasteiger partial charge is 0.369 e. The molecule has 30 heavy (non-hydrogen) atoms. The second-order valence-corrected chi connectivity index (χ2v) is 7.83. The molecule has 1 saturated carbocycles. The number of benzene rings is 1. The molecule has 1 aromatic carbocycles. The Hall–Kier alpha value is -1.83. The summed E-state index contributed by atoms with van der Waals surface area (Å²) in [5, 5.41) is 6.44. The van der Waals surface area contributed by atoms with Crippen LogP contribution < -0.4 is 15.5 Å². The zero-order chi connectivity index (χ0) is 19.3. The van der Waals surface area contributed by atoms with Crippen molar-refractivity contribution in [2.75, 3.05) is 48.8 Å². The molecule has 2 aromatic rings. The molecule has 0 amide bonds. The average Bonchev–Trinajstić information content (AvgIpc) is 2.73. The van der Waals surface area contributed by atoms with Crippen LogP contribution in [0, 0.1) is 5.82 Å². The van der Waals surface area contributed by atoms with Gasteiger partial charge in [0.15, 0.2) is 11.6 Å². The van der Waals surface area contributed by atoms with E-state index in [0.29, 0.717) is 17.8 Å². The number of nitrogens with zero attached hydrogens (tertiary/aromatic N) is 4. The van der Waals surface area contributed by atoms with Crippen LogP contribution in [-0.4, -0.2) is 54.1 Å². The molecule has 0 unspecified atom stereocenters. The van der Waals surface area contributed by atoms with Crippen molar-refractivity contribution in [3.63, 3.8) is 0 Å². The summed E-state index contributed by atoms with van der Waals surface area (Å²) in [7, 11) is 2.16. The highest BCUT2D eigenvalue weighted by Gasteiger charge is 2.17. The molecule has 1 saturated heterocycles. The summed E-state index contributed by atoms with van der Waals surface area (Å²) in [5.74, 6) is 0.298. The van der Waals surface area contributed by atoms with Crippen LogP contribution in [0.5, 0.6) is 0 Å². The smallest absolute Gasteiger partial charge is 0.229 e. The lowest BCUT2D eigenvalue weighted by atomic mass is 9.95. The molecule has 1 aromatic heterocycles. The summed E-state index contributed by atoms with van der Waals surface area (Å²) >= 11 is 0. The van der Waals surface area contributed by atoms with Crippen molar-refractivity contribution in [3.8, 4) is 0 Å². The number of hydrogen-bond donors (Lipinski definition) is 2. The maximum atomic E-state index is 14.1. The number of anilines is 4. The van der Waals surface area contributed by atoms with E-state index in [9.17, 15) is 4.39 Å². The van der Waals surface area contributed by atoms with E-state index < -0.39 is 5.82 Å². The minimum atomic E-state index is -0.401. The predicted octanol–water partition coefficient (Wildman–Crippen LogP) is 4.70. The van der Waals surface area contributed by atoms with Gasteiger partial charge >= 0.3 is 0 Å². The third-order valence-corrected chi connectivity index (χ3v) is 5.68. The van der Waals surface area contributed by atoms with Crippen molar-refractivity contribution in [1.82, 2.24) is 14.9 Å². The van der Waals surface area contributed by atoms with E-state index in [1.54, 1.807) is 0 Å². The van der Waals surface area contributed by atoms with Gasteiger partial charge in [0.2, 0.25) is 5.95 Å². The van der Waals surface area contributed by atoms with Gasteiger partial charge in [0.05, 0.1) is 6.20 Å². The molecule has 0 bridgehead atoms.